The van der Waals surface area contributed by atoms with Crippen molar-refractivity contribution in [3.63, 3.8) is 0 Å². The average molecular weight is 348 g/mol. The maximum Gasteiger partial charge on any atom is 0.124 e. The van der Waals surface area contributed by atoms with E-state index in [0.717, 1.165) is 10.2 Å². The Bertz CT molecular complexity index is 625. The van der Waals surface area contributed by atoms with Gasteiger partial charge in [-0.1, -0.05) is 51.8 Å². The highest BCUT2D eigenvalue weighted by atomic mass is 79.9. The van der Waals surface area contributed by atoms with E-state index in [1.807, 2.05) is 14.0 Å². The van der Waals surface area contributed by atoms with Crippen LogP contribution >= 0.6 is 15.9 Å². The summed E-state index contributed by atoms with van der Waals surface area (Å²) >= 11 is 3.72. The maximum atomic E-state index is 5.81. The lowest BCUT2D eigenvalue weighted by molar-refractivity contribution is 0.334. The molecule has 0 spiro atoms. The van der Waals surface area contributed by atoms with Gasteiger partial charge in [-0.05, 0) is 45.0 Å². The summed E-state index contributed by atoms with van der Waals surface area (Å²) in [5.74, 6) is 0.941. The van der Waals surface area contributed by atoms with Crippen LogP contribution in [0.25, 0.3) is 0 Å². The van der Waals surface area contributed by atoms with Crippen LogP contribution in [0.1, 0.15) is 35.2 Å². The normalized spacial score (nSPS) is 12.2. The molecule has 0 heterocycles. The smallest absolute Gasteiger partial charge is 0.124 e. The molecule has 0 aliphatic rings. The second kappa shape index (κ2) is 7.10. The minimum atomic E-state index is 0.0979. The van der Waals surface area contributed by atoms with Gasteiger partial charge in [0.05, 0.1) is 12.6 Å². The molecule has 1 atom stereocenters. The lowest BCUT2D eigenvalue weighted by atomic mass is 9.95. The van der Waals surface area contributed by atoms with Crippen LogP contribution in [-0.4, -0.2) is 13.7 Å². The first-order valence-electron chi connectivity index (χ1n) is 7.24. The number of nitrogens with one attached hydrogen (secondary N) is 1. The molecule has 0 amide bonds. The molecular weight excluding hydrogens is 326 g/mol. The summed E-state index contributed by atoms with van der Waals surface area (Å²) in [4.78, 5) is 0. The maximum absolute atomic E-state index is 5.81. The number of benzene rings is 2. The Kier molecular flexibility index (Phi) is 5.43. The number of halogens is 1. The minimum absolute atomic E-state index is 0.0979. The van der Waals surface area contributed by atoms with E-state index in [1.54, 1.807) is 0 Å². The number of rotatable bonds is 5. The third-order valence-corrected chi connectivity index (χ3v) is 4.68. The Hall–Kier alpha value is -1.32. The van der Waals surface area contributed by atoms with Gasteiger partial charge in [0.1, 0.15) is 5.75 Å². The molecule has 0 saturated carbocycles. The van der Waals surface area contributed by atoms with Crippen molar-refractivity contribution < 1.29 is 4.74 Å². The van der Waals surface area contributed by atoms with Crippen molar-refractivity contribution in [1.29, 1.82) is 0 Å². The minimum Gasteiger partial charge on any atom is -0.494 e. The van der Waals surface area contributed by atoms with E-state index >= 15 is 0 Å². The molecule has 1 unspecified atom stereocenters. The quantitative estimate of drug-likeness (QED) is 0.840. The summed E-state index contributed by atoms with van der Waals surface area (Å²) in [7, 11) is 1.98. The highest BCUT2D eigenvalue weighted by Gasteiger charge is 2.19. The molecule has 2 aromatic rings. The molecule has 0 bridgehead atoms. The molecule has 2 nitrogen and oxygen atoms in total. The first-order chi connectivity index (χ1) is 10.1. The molecule has 0 fully saturated rings. The average Bonchev–Trinajstić information content (AvgIpc) is 2.47. The number of hydrogen-bond donors (Lipinski definition) is 1. The SMILES string of the molecule is CCOc1ccc(C)cc1C(NC)c1cccc(C)c1Br. The zero-order chi connectivity index (χ0) is 15.4. The molecule has 0 saturated heterocycles. The molecule has 0 aromatic heterocycles. The van der Waals surface area contributed by atoms with Gasteiger partial charge in [0.15, 0.2) is 0 Å². The van der Waals surface area contributed by atoms with Crippen molar-refractivity contribution in [1.82, 2.24) is 5.32 Å². The molecule has 0 aliphatic carbocycles. The van der Waals surface area contributed by atoms with Crippen molar-refractivity contribution in [3.8, 4) is 5.75 Å². The fraction of sp³-hybridized carbons (Fsp3) is 0.333. The molecule has 0 radical (unpaired) electrons. The van der Waals surface area contributed by atoms with Crippen molar-refractivity contribution in [2.75, 3.05) is 13.7 Å². The van der Waals surface area contributed by atoms with Crippen LogP contribution in [0, 0.1) is 13.8 Å². The highest BCUT2D eigenvalue weighted by molar-refractivity contribution is 9.10. The van der Waals surface area contributed by atoms with Crippen LogP contribution in [0.15, 0.2) is 40.9 Å². The highest BCUT2D eigenvalue weighted by Crippen LogP contribution is 2.35. The summed E-state index contributed by atoms with van der Waals surface area (Å²) in [6.45, 7) is 6.90. The van der Waals surface area contributed by atoms with E-state index in [-0.39, 0.29) is 6.04 Å². The Labute approximate surface area is 135 Å². The van der Waals surface area contributed by atoms with E-state index < -0.39 is 0 Å². The lowest BCUT2D eigenvalue weighted by Gasteiger charge is -2.22. The molecule has 2 rings (SSSR count). The predicted octanol–water partition coefficient (Wildman–Crippen LogP) is 4.77. The monoisotopic (exact) mass is 347 g/mol. The van der Waals surface area contributed by atoms with Gasteiger partial charge >= 0.3 is 0 Å². The summed E-state index contributed by atoms with van der Waals surface area (Å²) in [6.07, 6.45) is 0. The molecule has 1 N–H and O–H groups in total. The topological polar surface area (TPSA) is 21.3 Å². The molecular formula is C18H22BrNO. The fourth-order valence-corrected chi connectivity index (χ4v) is 3.05. The van der Waals surface area contributed by atoms with Gasteiger partial charge in [-0.15, -0.1) is 0 Å². The second-order valence-corrected chi connectivity index (χ2v) is 5.97. The van der Waals surface area contributed by atoms with Crippen LogP contribution in [0.5, 0.6) is 5.75 Å². The number of aryl methyl sites for hydroxylation is 2. The number of ether oxygens (including phenoxy) is 1. The first-order valence-corrected chi connectivity index (χ1v) is 8.03. The van der Waals surface area contributed by atoms with Crippen molar-refractivity contribution in [3.05, 3.63) is 63.1 Å². The van der Waals surface area contributed by atoms with Crippen LogP contribution in [0.3, 0.4) is 0 Å². The first kappa shape index (κ1) is 16.1. The van der Waals surface area contributed by atoms with Crippen LogP contribution in [-0.2, 0) is 0 Å². The fourth-order valence-electron chi connectivity index (χ4n) is 2.55. The molecule has 0 aliphatic heterocycles. The van der Waals surface area contributed by atoms with E-state index in [9.17, 15) is 0 Å². The Morgan fingerprint density at radius 2 is 1.90 bits per heavy atom. The van der Waals surface area contributed by atoms with Gasteiger partial charge in [0.25, 0.3) is 0 Å². The van der Waals surface area contributed by atoms with E-state index in [1.165, 1.54) is 22.3 Å². The van der Waals surface area contributed by atoms with Crippen LogP contribution in [0.2, 0.25) is 0 Å². The predicted molar refractivity (Wildman–Crippen MR) is 92.1 cm³/mol. The van der Waals surface area contributed by atoms with Gasteiger partial charge in [0.2, 0.25) is 0 Å². The standard InChI is InChI=1S/C18H22BrNO/c1-5-21-16-10-9-12(2)11-15(16)18(20-4)14-8-6-7-13(3)17(14)19/h6-11,18,20H,5H2,1-4H3. The van der Waals surface area contributed by atoms with E-state index in [4.69, 9.17) is 4.74 Å². The molecule has 3 heteroatoms. The van der Waals surface area contributed by atoms with Crippen molar-refractivity contribution in [2.24, 2.45) is 0 Å². The zero-order valence-electron chi connectivity index (χ0n) is 13.0. The van der Waals surface area contributed by atoms with Crippen LogP contribution < -0.4 is 10.1 Å². The largest absolute Gasteiger partial charge is 0.494 e. The summed E-state index contributed by atoms with van der Waals surface area (Å²) in [5, 5.41) is 3.42. The third kappa shape index (κ3) is 3.47. The summed E-state index contributed by atoms with van der Waals surface area (Å²) in [6, 6.07) is 12.8. The van der Waals surface area contributed by atoms with Gasteiger partial charge in [-0.2, -0.15) is 0 Å². The van der Waals surface area contributed by atoms with Crippen molar-refractivity contribution in [2.45, 2.75) is 26.8 Å². The van der Waals surface area contributed by atoms with Gasteiger partial charge < -0.3 is 10.1 Å². The van der Waals surface area contributed by atoms with Crippen molar-refractivity contribution >= 4 is 15.9 Å². The van der Waals surface area contributed by atoms with E-state index in [0.29, 0.717) is 6.61 Å². The van der Waals surface area contributed by atoms with Crippen LogP contribution in [0.4, 0.5) is 0 Å². The zero-order valence-corrected chi connectivity index (χ0v) is 14.6. The molecule has 2 aromatic carbocycles. The third-order valence-electron chi connectivity index (χ3n) is 3.60. The summed E-state index contributed by atoms with van der Waals surface area (Å²) in [5.41, 5.74) is 4.87. The van der Waals surface area contributed by atoms with Gasteiger partial charge in [-0.25, -0.2) is 0 Å². The lowest BCUT2D eigenvalue weighted by Crippen LogP contribution is -2.19. The number of hydrogen-bond acceptors (Lipinski definition) is 2. The Morgan fingerprint density at radius 1 is 1.14 bits per heavy atom. The molecule has 112 valence electrons. The molecule has 21 heavy (non-hydrogen) atoms. The Balaban J connectivity index is 2.55. The van der Waals surface area contributed by atoms with Gasteiger partial charge in [0, 0.05) is 10.0 Å². The van der Waals surface area contributed by atoms with Gasteiger partial charge in [-0.3, -0.25) is 0 Å². The second-order valence-electron chi connectivity index (χ2n) is 5.17. The summed E-state index contributed by atoms with van der Waals surface area (Å²) < 4.78 is 6.96. The Morgan fingerprint density at radius 3 is 2.57 bits per heavy atom. The van der Waals surface area contributed by atoms with E-state index in [2.05, 4.69) is 71.5 Å².